The van der Waals surface area contributed by atoms with E-state index in [2.05, 4.69) is 0 Å². The van der Waals surface area contributed by atoms with E-state index < -0.39 is 27.6 Å². The van der Waals surface area contributed by atoms with E-state index >= 15 is 0 Å². The molecule has 0 atom stereocenters. The van der Waals surface area contributed by atoms with Crippen LogP contribution in [0.4, 0.5) is 0 Å². The molecular formula is C3H4Li2O6S. The molecule has 12 heavy (non-hydrogen) atoms. The van der Waals surface area contributed by atoms with Crippen LogP contribution in [0.5, 0.6) is 0 Å². The van der Waals surface area contributed by atoms with E-state index in [-0.39, 0.29) is 37.7 Å². The Balaban J connectivity index is -0.000000405. The zero-order valence-electron chi connectivity index (χ0n) is 6.64. The molecule has 0 saturated heterocycles. The van der Waals surface area contributed by atoms with Crippen LogP contribution < -0.4 is 0 Å². The Morgan fingerprint density at radius 3 is 1.58 bits per heavy atom. The van der Waals surface area contributed by atoms with Crippen molar-refractivity contribution in [2.75, 3.05) is 5.75 Å². The number of carbonyl (C=O) groups excluding carboxylic acids is 1. The van der Waals surface area contributed by atoms with E-state index in [4.69, 9.17) is 9.66 Å². The van der Waals surface area contributed by atoms with Gasteiger partial charge in [0.25, 0.3) is 15.9 Å². The van der Waals surface area contributed by atoms with Gasteiger partial charge >= 0.3 is 5.97 Å². The number of carbonyl (C=O) groups is 2. The van der Waals surface area contributed by atoms with Crippen LogP contribution in [0.15, 0.2) is 0 Å². The van der Waals surface area contributed by atoms with Crippen molar-refractivity contribution >= 4 is 59.6 Å². The molecule has 0 unspecified atom stereocenters. The summed E-state index contributed by atoms with van der Waals surface area (Å²) >= 11 is 0. The van der Waals surface area contributed by atoms with Gasteiger partial charge in [0.05, 0.1) is 0 Å². The molecule has 0 saturated carbocycles. The van der Waals surface area contributed by atoms with Crippen molar-refractivity contribution < 1.29 is 27.7 Å². The molecule has 0 bridgehead atoms. The Labute approximate surface area is 92.8 Å². The Bertz CT molecular complexity index is 256. The van der Waals surface area contributed by atoms with Gasteiger partial charge < -0.3 is 5.11 Å². The smallest absolute Gasteiger partial charge is 0.373 e. The standard InChI is InChI=1S/C3H4O6S.2Li/c4-2(3(5)6)1-10(7,8)9;;/h1H2,(H,5,6)(H,7,8,9);;. The molecule has 0 spiro atoms. The fraction of sp³-hybridized carbons (Fsp3) is 0.333. The first-order valence-electron chi connectivity index (χ1n) is 2.04. The molecule has 60 valence electrons. The van der Waals surface area contributed by atoms with E-state index in [0.29, 0.717) is 0 Å². The van der Waals surface area contributed by atoms with Gasteiger partial charge in [-0.05, 0) is 0 Å². The van der Waals surface area contributed by atoms with Gasteiger partial charge in [-0.3, -0.25) is 9.35 Å². The second kappa shape index (κ2) is 6.73. The summed E-state index contributed by atoms with van der Waals surface area (Å²) in [6.45, 7) is 0. The fourth-order valence-corrected chi connectivity index (χ4v) is 0.682. The van der Waals surface area contributed by atoms with Gasteiger partial charge in [-0.15, -0.1) is 0 Å². The van der Waals surface area contributed by atoms with Gasteiger partial charge in [0.15, 0.2) is 0 Å². The quantitative estimate of drug-likeness (QED) is 0.290. The monoisotopic (exact) mass is 182 g/mol. The molecule has 0 aromatic rings. The van der Waals surface area contributed by atoms with Crippen LogP contribution in [-0.4, -0.2) is 73.3 Å². The van der Waals surface area contributed by atoms with Crippen molar-refractivity contribution in [2.24, 2.45) is 0 Å². The first kappa shape index (κ1) is 18.1. The minimum atomic E-state index is -4.50. The third-order valence-corrected chi connectivity index (χ3v) is 1.18. The second-order valence-corrected chi connectivity index (χ2v) is 2.91. The number of hydrogen-bond donors (Lipinski definition) is 2. The van der Waals surface area contributed by atoms with E-state index in [1.807, 2.05) is 0 Å². The minimum Gasteiger partial charge on any atom is -0.475 e. The van der Waals surface area contributed by atoms with E-state index in [9.17, 15) is 18.0 Å². The first-order valence-corrected chi connectivity index (χ1v) is 3.65. The SMILES string of the molecule is O=C(O)C(=O)CS(=O)(=O)O.[Li].[Li]. The maximum Gasteiger partial charge on any atom is 0.373 e. The number of Topliss-reactive ketones (excluding diaryl/α,β-unsaturated/α-hetero) is 1. The molecule has 0 aliphatic heterocycles. The number of carboxylic acids is 1. The zero-order chi connectivity index (χ0) is 8.36. The van der Waals surface area contributed by atoms with Gasteiger partial charge in [-0.1, -0.05) is 0 Å². The van der Waals surface area contributed by atoms with E-state index in [1.54, 1.807) is 0 Å². The van der Waals surface area contributed by atoms with Crippen molar-refractivity contribution in [2.45, 2.75) is 0 Å². The molecule has 0 aliphatic carbocycles. The molecule has 0 aromatic carbocycles. The number of ketones is 1. The predicted octanol–water partition coefficient (Wildman–Crippen LogP) is -2.23. The maximum absolute atomic E-state index is 10.0. The van der Waals surface area contributed by atoms with Crippen molar-refractivity contribution in [3.05, 3.63) is 0 Å². The minimum absolute atomic E-state index is 0. The summed E-state index contributed by atoms with van der Waals surface area (Å²) in [6.07, 6.45) is 0. The molecule has 6 nitrogen and oxygen atoms in total. The summed E-state index contributed by atoms with van der Waals surface area (Å²) < 4.78 is 27.6. The average Bonchev–Trinajstić information content (AvgIpc) is 1.60. The largest absolute Gasteiger partial charge is 0.475 e. The van der Waals surface area contributed by atoms with Crippen molar-refractivity contribution in [1.29, 1.82) is 0 Å². The van der Waals surface area contributed by atoms with Crippen LogP contribution in [0.1, 0.15) is 0 Å². The van der Waals surface area contributed by atoms with Crippen molar-refractivity contribution in [3.8, 4) is 0 Å². The van der Waals surface area contributed by atoms with Crippen LogP contribution in [-0.2, 0) is 19.7 Å². The molecule has 2 radical (unpaired) electrons. The molecule has 0 heterocycles. The van der Waals surface area contributed by atoms with Crippen molar-refractivity contribution in [3.63, 3.8) is 0 Å². The summed E-state index contributed by atoms with van der Waals surface area (Å²) in [6, 6.07) is 0. The summed E-state index contributed by atoms with van der Waals surface area (Å²) in [5, 5.41) is 7.82. The predicted molar refractivity (Wildman–Crippen MR) is 40.6 cm³/mol. The summed E-state index contributed by atoms with van der Waals surface area (Å²) in [5.41, 5.74) is 0. The van der Waals surface area contributed by atoms with Gasteiger partial charge in [0, 0.05) is 37.7 Å². The van der Waals surface area contributed by atoms with Gasteiger partial charge in [0.1, 0.15) is 5.75 Å². The van der Waals surface area contributed by atoms with Crippen LogP contribution in [0.3, 0.4) is 0 Å². The third kappa shape index (κ3) is 10.2. The molecule has 0 amide bonds. The zero-order valence-corrected chi connectivity index (χ0v) is 7.46. The van der Waals surface area contributed by atoms with Gasteiger partial charge in [0.2, 0.25) is 0 Å². The van der Waals surface area contributed by atoms with E-state index in [1.165, 1.54) is 0 Å². The molecule has 0 rings (SSSR count). The Kier molecular flexibility index (Phi) is 10.2. The Hall–Kier alpha value is 0.245. The summed E-state index contributed by atoms with van der Waals surface area (Å²) in [4.78, 5) is 19.7. The molecular weight excluding hydrogens is 178 g/mol. The molecule has 0 fully saturated rings. The third-order valence-electron chi connectivity index (χ3n) is 0.552. The topological polar surface area (TPSA) is 109 Å². The van der Waals surface area contributed by atoms with Crippen LogP contribution >= 0.6 is 0 Å². The van der Waals surface area contributed by atoms with Crippen molar-refractivity contribution in [1.82, 2.24) is 0 Å². The van der Waals surface area contributed by atoms with E-state index in [0.717, 1.165) is 0 Å². The first-order chi connectivity index (χ1) is 4.33. The maximum atomic E-state index is 10.0. The molecule has 2 N–H and O–H groups in total. The van der Waals surface area contributed by atoms with Crippen LogP contribution in [0.2, 0.25) is 0 Å². The Morgan fingerprint density at radius 1 is 1.17 bits per heavy atom. The number of aliphatic carboxylic acids is 1. The normalized spacial score (nSPS) is 9.08. The molecule has 0 aromatic heterocycles. The summed E-state index contributed by atoms with van der Waals surface area (Å²) in [7, 11) is -4.50. The van der Waals surface area contributed by atoms with Crippen LogP contribution in [0, 0.1) is 0 Å². The Morgan fingerprint density at radius 2 is 1.50 bits per heavy atom. The number of hydrogen-bond acceptors (Lipinski definition) is 4. The number of carboxylic acid groups (broad SMARTS) is 1. The van der Waals surface area contributed by atoms with Gasteiger partial charge in [-0.25, -0.2) is 4.79 Å². The number of rotatable bonds is 3. The van der Waals surface area contributed by atoms with Crippen LogP contribution in [0.25, 0.3) is 0 Å². The fourth-order valence-electron chi connectivity index (χ4n) is 0.227. The van der Waals surface area contributed by atoms with Gasteiger partial charge in [-0.2, -0.15) is 8.42 Å². The average molecular weight is 182 g/mol. The summed E-state index contributed by atoms with van der Waals surface area (Å²) in [5.74, 6) is -4.80. The molecule has 9 heteroatoms. The molecule has 0 aliphatic rings. The second-order valence-electron chi connectivity index (χ2n) is 1.45.